The van der Waals surface area contributed by atoms with Crippen LogP contribution >= 0.6 is 0 Å². The van der Waals surface area contributed by atoms with Gasteiger partial charge in [0.15, 0.2) is 0 Å². The number of aromatic nitrogens is 4. The summed E-state index contributed by atoms with van der Waals surface area (Å²) in [5.74, 6) is -0.148. The van der Waals surface area contributed by atoms with Crippen LogP contribution in [0.25, 0.3) is 5.78 Å². The van der Waals surface area contributed by atoms with Crippen LogP contribution in [0.4, 0.5) is 0 Å². The van der Waals surface area contributed by atoms with Gasteiger partial charge in [-0.3, -0.25) is 14.5 Å². The van der Waals surface area contributed by atoms with Gasteiger partial charge in [-0.2, -0.15) is 14.6 Å². The highest BCUT2D eigenvalue weighted by Crippen LogP contribution is 2.23. The number of amides is 2. The molecule has 0 saturated carbocycles. The summed E-state index contributed by atoms with van der Waals surface area (Å²) in [5.41, 5.74) is 1.55. The lowest BCUT2D eigenvalue weighted by Gasteiger charge is -2.14. The van der Waals surface area contributed by atoms with Crippen molar-refractivity contribution in [3.05, 3.63) is 59.7 Å². The van der Waals surface area contributed by atoms with Crippen molar-refractivity contribution in [1.29, 1.82) is 0 Å². The number of nitrogens with zero attached hydrogens (tertiary/aromatic N) is 5. The van der Waals surface area contributed by atoms with Crippen LogP contribution in [0.2, 0.25) is 0 Å². The molecule has 2 aromatic heterocycles. The van der Waals surface area contributed by atoms with Gasteiger partial charge in [0, 0.05) is 6.20 Å². The Morgan fingerprint density at radius 1 is 0.952 bits per heavy atom. The average molecular weight is 279 g/mol. The smallest absolute Gasteiger partial charge is 0.261 e. The topological polar surface area (TPSA) is 80.5 Å². The Morgan fingerprint density at radius 2 is 1.67 bits per heavy atom. The van der Waals surface area contributed by atoms with Crippen LogP contribution in [0.1, 0.15) is 26.4 Å². The Morgan fingerprint density at radius 3 is 2.38 bits per heavy atom. The van der Waals surface area contributed by atoms with Crippen molar-refractivity contribution >= 4 is 17.6 Å². The number of carbonyl (C=O) groups is 2. The molecule has 1 aromatic carbocycles. The Kier molecular flexibility index (Phi) is 2.34. The molecule has 0 saturated heterocycles. The Labute approximate surface area is 118 Å². The molecule has 0 radical (unpaired) electrons. The van der Waals surface area contributed by atoms with E-state index < -0.39 is 0 Å². The minimum atomic E-state index is -0.291. The molecular formula is C14H9N5O2. The molecule has 1 aliphatic heterocycles. The van der Waals surface area contributed by atoms with Crippen LogP contribution in [-0.2, 0) is 6.54 Å². The fourth-order valence-electron chi connectivity index (χ4n) is 2.45. The summed E-state index contributed by atoms with van der Waals surface area (Å²) in [6, 6.07) is 8.52. The second-order valence-electron chi connectivity index (χ2n) is 4.65. The quantitative estimate of drug-likeness (QED) is 0.652. The fourth-order valence-corrected chi connectivity index (χ4v) is 2.45. The third kappa shape index (κ3) is 1.64. The van der Waals surface area contributed by atoms with Crippen LogP contribution in [0.15, 0.2) is 42.9 Å². The normalized spacial score (nSPS) is 14.0. The predicted molar refractivity (Wildman–Crippen MR) is 71.4 cm³/mol. The molecule has 0 aliphatic carbocycles. The van der Waals surface area contributed by atoms with Crippen molar-refractivity contribution in [3.63, 3.8) is 0 Å². The maximum absolute atomic E-state index is 12.3. The second-order valence-corrected chi connectivity index (χ2v) is 4.65. The molecule has 0 atom stereocenters. The van der Waals surface area contributed by atoms with Crippen molar-refractivity contribution in [2.75, 3.05) is 0 Å². The van der Waals surface area contributed by atoms with E-state index >= 15 is 0 Å². The first-order valence-corrected chi connectivity index (χ1v) is 6.34. The van der Waals surface area contributed by atoms with E-state index in [-0.39, 0.29) is 18.4 Å². The first-order valence-electron chi connectivity index (χ1n) is 6.34. The second kappa shape index (κ2) is 4.20. The summed E-state index contributed by atoms with van der Waals surface area (Å²) in [4.78, 5) is 33.9. The van der Waals surface area contributed by atoms with Crippen molar-refractivity contribution in [2.24, 2.45) is 0 Å². The van der Waals surface area contributed by atoms with E-state index in [1.807, 2.05) is 0 Å². The van der Waals surface area contributed by atoms with E-state index in [1.54, 1.807) is 36.5 Å². The lowest BCUT2D eigenvalue weighted by molar-refractivity contribution is 0.0639. The fraction of sp³-hybridized carbons (Fsp3) is 0.0714. The number of fused-ring (bicyclic) bond motifs is 2. The Hall–Kier alpha value is -3.09. The maximum Gasteiger partial charge on any atom is 0.261 e. The van der Waals surface area contributed by atoms with E-state index in [0.29, 0.717) is 22.6 Å². The molecule has 1 aliphatic rings. The van der Waals surface area contributed by atoms with Gasteiger partial charge in [0.1, 0.15) is 6.33 Å². The summed E-state index contributed by atoms with van der Waals surface area (Å²) in [6.45, 7) is 0.134. The van der Waals surface area contributed by atoms with Gasteiger partial charge in [0.05, 0.1) is 23.4 Å². The van der Waals surface area contributed by atoms with E-state index in [1.165, 1.54) is 15.7 Å². The number of carbonyl (C=O) groups excluding carboxylic acids is 2. The molecule has 102 valence electrons. The molecule has 4 rings (SSSR count). The molecule has 0 bridgehead atoms. The molecule has 0 fully saturated rings. The van der Waals surface area contributed by atoms with Gasteiger partial charge >= 0.3 is 0 Å². The summed E-state index contributed by atoms with van der Waals surface area (Å²) in [6.07, 6.45) is 2.96. The van der Waals surface area contributed by atoms with E-state index in [4.69, 9.17) is 0 Å². The maximum atomic E-state index is 12.3. The highest BCUT2D eigenvalue weighted by molar-refractivity contribution is 6.21. The number of hydrogen-bond acceptors (Lipinski definition) is 5. The molecule has 0 N–H and O–H groups in total. The lowest BCUT2D eigenvalue weighted by Crippen LogP contribution is -2.30. The predicted octanol–water partition coefficient (Wildman–Crippen LogP) is 0.920. The number of rotatable bonds is 2. The van der Waals surface area contributed by atoms with Crippen LogP contribution in [0.5, 0.6) is 0 Å². The first-order chi connectivity index (χ1) is 10.3. The molecule has 0 spiro atoms. The van der Waals surface area contributed by atoms with Crippen molar-refractivity contribution in [1.82, 2.24) is 24.5 Å². The molecular weight excluding hydrogens is 270 g/mol. The number of hydrogen-bond donors (Lipinski definition) is 0. The largest absolute Gasteiger partial charge is 0.269 e. The SMILES string of the molecule is O=C1c2ccccc2C(=O)N1Cc1ccnc2ncnn12. The highest BCUT2D eigenvalue weighted by atomic mass is 16.2. The van der Waals surface area contributed by atoms with Crippen LogP contribution in [0.3, 0.4) is 0 Å². The number of imide groups is 1. The molecule has 3 heterocycles. The van der Waals surface area contributed by atoms with Gasteiger partial charge < -0.3 is 0 Å². The van der Waals surface area contributed by atoms with Gasteiger partial charge in [0.25, 0.3) is 17.6 Å². The molecule has 3 aromatic rings. The highest BCUT2D eigenvalue weighted by Gasteiger charge is 2.35. The molecule has 0 unspecified atom stereocenters. The van der Waals surface area contributed by atoms with E-state index in [2.05, 4.69) is 15.1 Å². The van der Waals surface area contributed by atoms with E-state index in [9.17, 15) is 9.59 Å². The third-order valence-corrected chi connectivity index (χ3v) is 3.46. The van der Waals surface area contributed by atoms with Gasteiger partial charge in [0.2, 0.25) is 0 Å². The third-order valence-electron chi connectivity index (χ3n) is 3.46. The molecule has 2 amide bonds. The van der Waals surface area contributed by atoms with Gasteiger partial charge in [-0.1, -0.05) is 12.1 Å². The summed E-state index contributed by atoms with van der Waals surface area (Å²) < 4.78 is 1.52. The van der Waals surface area contributed by atoms with Crippen molar-refractivity contribution < 1.29 is 9.59 Å². The van der Waals surface area contributed by atoms with Crippen LogP contribution < -0.4 is 0 Å². The zero-order valence-corrected chi connectivity index (χ0v) is 10.8. The average Bonchev–Trinajstić information content (AvgIpc) is 3.08. The standard InChI is InChI=1S/C14H9N5O2/c20-12-10-3-1-2-4-11(10)13(21)18(12)7-9-5-6-15-14-16-8-17-19(9)14/h1-6,8H,7H2. The van der Waals surface area contributed by atoms with Crippen LogP contribution in [0, 0.1) is 0 Å². The zero-order chi connectivity index (χ0) is 14.4. The van der Waals surface area contributed by atoms with E-state index in [0.717, 1.165) is 0 Å². The monoisotopic (exact) mass is 279 g/mol. The molecule has 7 nitrogen and oxygen atoms in total. The number of benzene rings is 1. The summed E-state index contributed by atoms with van der Waals surface area (Å²) >= 11 is 0. The van der Waals surface area contributed by atoms with Crippen molar-refractivity contribution in [2.45, 2.75) is 6.54 Å². The van der Waals surface area contributed by atoms with Gasteiger partial charge in [-0.15, -0.1) is 0 Å². The minimum absolute atomic E-state index is 0.134. The zero-order valence-electron chi connectivity index (χ0n) is 10.8. The molecule has 21 heavy (non-hydrogen) atoms. The summed E-state index contributed by atoms with van der Waals surface area (Å²) in [7, 11) is 0. The lowest BCUT2D eigenvalue weighted by atomic mass is 10.1. The Balaban J connectivity index is 1.75. The van der Waals surface area contributed by atoms with Crippen molar-refractivity contribution in [3.8, 4) is 0 Å². The van der Waals surface area contributed by atoms with Gasteiger partial charge in [-0.05, 0) is 18.2 Å². The minimum Gasteiger partial charge on any atom is -0.269 e. The Bertz CT molecular complexity index is 851. The van der Waals surface area contributed by atoms with Gasteiger partial charge in [-0.25, -0.2) is 4.98 Å². The first kappa shape index (κ1) is 11.7. The van der Waals surface area contributed by atoms with Crippen LogP contribution in [-0.4, -0.2) is 36.3 Å². The molecule has 7 heteroatoms. The summed E-state index contributed by atoms with van der Waals surface area (Å²) in [5, 5.41) is 4.05.